The van der Waals surface area contributed by atoms with Crippen LogP contribution in [-0.4, -0.2) is 19.9 Å². The van der Waals surface area contributed by atoms with Gasteiger partial charge in [0.25, 0.3) is 0 Å². The predicted molar refractivity (Wildman–Crippen MR) is 66.8 cm³/mol. The fourth-order valence-corrected chi connectivity index (χ4v) is 2.23. The first-order valence-corrected chi connectivity index (χ1v) is 6.38. The average molecular weight is 243 g/mol. The van der Waals surface area contributed by atoms with Gasteiger partial charge in [0.2, 0.25) is 0 Å². The molecule has 0 saturated carbocycles. The van der Waals surface area contributed by atoms with Crippen molar-refractivity contribution < 1.29 is 5.11 Å². The van der Waals surface area contributed by atoms with E-state index in [4.69, 9.17) is 17.3 Å². The standard InChI is InChI=1S/C11H21N3OS/c1-3-4-5-6-7-9(2)14-10(8-15)12-13-11(14)16/h9,15H,3-8H2,1-2H3,(H,13,16). The monoisotopic (exact) mass is 243 g/mol. The Morgan fingerprint density at radius 2 is 2.19 bits per heavy atom. The summed E-state index contributed by atoms with van der Waals surface area (Å²) in [5.41, 5.74) is 0. The third-order valence-corrected chi connectivity index (χ3v) is 3.12. The summed E-state index contributed by atoms with van der Waals surface area (Å²) in [6.45, 7) is 4.27. The minimum Gasteiger partial charge on any atom is -0.388 e. The Bertz CT molecular complexity index is 358. The lowest BCUT2D eigenvalue weighted by Crippen LogP contribution is -2.09. The van der Waals surface area contributed by atoms with Crippen molar-refractivity contribution in [1.29, 1.82) is 0 Å². The van der Waals surface area contributed by atoms with E-state index in [1.807, 2.05) is 4.57 Å². The molecule has 0 aromatic carbocycles. The summed E-state index contributed by atoms with van der Waals surface area (Å²) >= 11 is 5.15. The third-order valence-electron chi connectivity index (χ3n) is 2.84. The molecule has 0 saturated heterocycles. The van der Waals surface area contributed by atoms with Gasteiger partial charge < -0.3 is 5.11 Å². The maximum absolute atomic E-state index is 9.14. The van der Waals surface area contributed by atoms with Crippen molar-refractivity contribution in [3.05, 3.63) is 10.6 Å². The Labute approximate surface area is 102 Å². The molecule has 1 unspecified atom stereocenters. The van der Waals surface area contributed by atoms with E-state index in [0.717, 1.165) is 6.42 Å². The Hall–Kier alpha value is -0.680. The lowest BCUT2D eigenvalue weighted by molar-refractivity contribution is 0.259. The van der Waals surface area contributed by atoms with Crippen molar-refractivity contribution in [1.82, 2.24) is 14.8 Å². The van der Waals surface area contributed by atoms with Gasteiger partial charge in [-0.3, -0.25) is 9.67 Å². The zero-order chi connectivity index (χ0) is 12.0. The second kappa shape index (κ2) is 6.81. The molecule has 0 bridgehead atoms. The van der Waals surface area contributed by atoms with E-state index in [2.05, 4.69) is 24.0 Å². The van der Waals surface area contributed by atoms with Gasteiger partial charge >= 0.3 is 0 Å². The van der Waals surface area contributed by atoms with Crippen LogP contribution in [0.15, 0.2) is 0 Å². The third kappa shape index (κ3) is 3.42. The topological polar surface area (TPSA) is 53.8 Å². The first-order chi connectivity index (χ1) is 7.70. The molecule has 0 aliphatic carbocycles. The predicted octanol–water partition coefficient (Wildman–Crippen LogP) is 2.96. The number of aromatic amines is 1. The van der Waals surface area contributed by atoms with E-state index in [1.54, 1.807) is 0 Å². The lowest BCUT2D eigenvalue weighted by Gasteiger charge is -2.14. The maximum Gasteiger partial charge on any atom is 0.195 e. The molecule has 0 fully saturated rings. The molecule has 0 radical (unpaired) electrons. The van der Waals surface area contributed by atoms with Gasteiger partial charge in [-0.1, -0.05) is 32.6 Å². The van der Waals surface area contributed by atoms with Crippen molar-refractivity contribution in [3.63, 3.8) is 0 Å². The number of hydrogen-bond donors (Lipinski definition) is 2. The summed E-state index contributed by atoms with van der Waals surface area (Å²) in [7, 11) is 0. The molecule has 16 heavy (non-hydrogen) atoms. The zero-order valence-electron chi connectivity index (χ0n) is 10.1. The number of aliphatic hydroxyl groups excluding tert-OH is 1. The molecule has 1 aromatic heterocycles. The first kappa shape index (κ1) is 13.4. The highest BCUT2D eigenvalue weighted by atomic mass is 32.1. The van der Waals surface area contributed by atoms with Gasteiger partial charge in [-0.05, 0) is 25.6 Å². The molecule has 92 valence electrons. The molecular weight excluding hydrogens is 222 g/mol. The van der Waals surface area contributed by atoms with E-state index in [9.17, 15) is 0 Å². The Kier molecular flexibility index (Phi) is 5.69. The van der Waals surface area contributed by atoms with Crippen molar-refractivity contribution in [2.24, 2.45) is 0 Å². The van der Waals surface area contributed by atoms with Crippen LogP contribution >= 0.6 is 12.2 Å². The van der Waals surface area contributed by atoms with E-state index < -0.39 is 0 Å². The molecule has 0 aliphatic rings. The molecule has 1 rings (SSSR count). The van der Waals surface area contributed by atoms with Gasteiger partial charge in [-0.2, -0.15) is 5.10 Å². The maximum atomic E-state index is 9.14. The van der Waals surface area contributed by atoms with Crippen LogP contribution in [0, 0.1) is 4.77 Å². The van der Waals surface area contributed by atoms with Crippen molar-refractivity contribution in [2.75, 3.05) is 0 Å². The molecular formula is C11H21N3OS. The van der Waals surface area contributed by atoms with Crippen LogP contribution < -0.4 is 0 Å². The molecule has 0 aliphatic heterocycles. The second-order valence-corrected chi connectivity index (χ2v) is 4.56. The van der Waals surface area contributed by atoms with Crippen molar-refractivity contribution in [3.8, 4) is 0 Å². The van der Waals surface area contributed by atoms with E-state index in [1.165, 1.54) is 25.7 Å². The fourth-order valence-electron chi connectivity index (χ4n) is 1.90. The fraction of sp³-hybridized carbons (Fsp3) is 0.818. The van der Waals surface area contributed by atoms with Crippen molar-refractivity contribution >= 4 is 12.2 Å². The highest BCUT2D eigenvalue weighted by molar-refractivity contribution is 7.71. The smallest absolute Gasteiger partial charge is 0.195 e. The van der Waals surface area contributed by atoms with E-state index in [-0.39, 0.29) is 6.61 Å². The van der Waals surface area contributed by atoms with Crippen LogP contribution in [0.1, 0.15) is 57.8 Å². The highest BCUT2D eigenvalue weighted by Gasteiger charge is 2.11. The van der Waals surface area contributed by atoms with Crippen molar-refractivity contribution in [2.45, 2.75) is 58.6 Å². The Morgan fingerprint density at radius 3 is 2.81 bits per heavy atom. The number of unbranched alkanes of at least 4 members (excludes halogenated alkanes) is 3. The van der Waals surface area contributed by atoms with Crippen LogP contribution in [0.4, 0.5) is 0 Å². The summed E-state index contributed by atoms with van der Waals surface area (Å²) < 4.78 is 2.52. The first-order valence-electron chi connectivity index (χ1n) is 5.97. The number of aliphatic hydroxyl groups is 1. The van der Waals surface area contributed by atoms with Gasteiger partial charge in [-0.15, -0.1) is 0 Å². The summed E-state index contributed by atoms with van der Waals surface area (Å²) in [5, 5.41) is 15.9. The molecule has 1 aromatic rings. The van der Waals surface area contributed by atoms with Crippen LogP contribution in [0.5, 0.6) is 0 Å². The molecule has 1 atom stereocenters. The number of hydrogen-bond acceptors (Lipinski definition) is 3. The van der Waals surface area contributed by atoms with Gasteiger partial charge in [0.1, 0.15) is 6.61 Å². The average Bonchev–Trinajstić information content (AvgIpc) is 2.65. The largest absolute Gasteiger partial charge is 0.388 e. The van der Waals surface area contributed by atoms with Gasteiger partial charge in [0, 0.05) is 6.04 Å². The Balaban J connectivity index is 2.54. The quantitative estimate of drug-likeness (QED) is 0.572. The summed E-state index contributed by atoms with van der Waals surface area (Å²) in [5.74, 6) is 0.632. The minimum atomic E-state index is -0.0631. The number of nitrogens with zero attached hydrogens (tertiary/aromatic N) is 2. The second-order valence-electron chi connectivity index (χ2n) is 4.17. The van der Waals surface area contributed by atoms with E-state index >= 15 is 0 Å². The van der Waals surface area contributed by atoms with Gasteiger partial charge in [0.05, 0.1) is 0 Å². The molecule has 2 N–H and O–H groups in total. The van der Waals surface area contributed by atoms with Crippen LogP contribution in [0.3, 0.4) is 0 Å². The number of aromatic nitrogens is 3. The lowest BCUT2D eigenvalue weighted by atomic mass is 10.1. The summed E-state index contributed by atoms with van der Waals surface area (Å²) in [6, 6.07) is 0.310. The minimum absolute atomic E-state index is 0.0631. The summed E-state index contributed by atoms with van der Waals surface area (Å²) in [4.78, 5) is 0. The van der Waals surface area contributed by atoms with E-state index in [0.29, 0.717) is 16.6 Å². The zero-order valence-corrected chi connectivity index (χ0v) is 10.9. The molecule has 0 amide bonds. The molecule has 1 heterocycles. The highest BCUT2D eigenvalue weighted by Crippen LogP contribution is 2.17. The van der Waals surface area contributed by atoms with Crippen LogP contribution in [0.25, 0.3) is 0 Å². The van der Waals surface area contributed by atoms with Crippen LogP contribution in [0.2, 0.25) is 0 Å². The summed E-state index contributed by atoms with van der Waals surface area (Å²) in [6.07, 6.45) is 6.09. The number of rotatable bonds is 7. The normalized spacial score (nSPS) is 12.9. The molecule has 5 heteroatoms. The Morgan fingerprint density at radius 1 is 1.44 bits per heavy atom. The molecule has 0 spiro atoms. The van der Waals surface area contributed by atoms with Crippen LogP contribution in [-0.2, 0) is 6.61 Å². The number of nitrogens with one attached hydrogen (secondary N) is 1. The SMILES string of the molecule is CCCCCCC(C)n1c(CO)n[nH]c1=S. The number of H-pyrrole nitrogens is 1. The van der Waals surface area contributed by atoms with Gasteiger partial charge in [0.15, 0.2) is 10.6 Å². The van der Waals surface area contributed by atoms with Gasteiger partial charge in [-0.25, -0.2) is 0 Å². The molecule has 4 nitrogen and oxygen atoms in total.